The Morgan fingerprint density at radius 2 is 1.74 bits per heavy atom. The van der Waals surface area contributed by atoms with Crippen LogP contribution in [0.1, 0.15) is 6.92 Å². The van der Waals surface area contributed by atoms with Crippen molar-refractivity contribution in [2.24, 2.45) is 0 Å². The van der Waals surface area contributed by atoms with Gasteiger partial charge in [-0.3, -0.25) is 9.10 Å². The molecule has 13 heteroatoms. The molecule has 10 nitrogen and oxygen atoms in total. The molecule has 0 bridgehead atoms. The fourth-order valence-corrected chi connectivity index (χ4v) is 6.32. The molecule has 0 saturated carbocycles. The van der Waals surface area contributed by atoms with Gasteiger partial charge in [0.05, 0.1) is 42.2 Å². The second-order valence-electron chi connectivity index (χ2n) is 7.58. The van der Waals surface area contributed by atoms with Gasteiger partial charge in [0, 0.05) is 18.8 Å². The zero-order chi connectivity index (χ0) is 25.1. The van der Waals surface area contributed by atoms with E-state index in [9.17, 15) is 21.6 Å². The standard InChI is InChI=1S/C21H26ClN3O7S2/c1-15(25(33(3,27)28)17-6-9-20(31-2)19(22)14-17)21(26)23-16-4-7-18(8-5-16)34(29,30)24-10-12-32-13-11-24/h4-9,14-15H,10-13H2,1-3H3,(H,23,26)/t15-/m1/s1. The van der Waals surface area contributed by atoms with E-state index in [-0.39, 0.29) is 28.7 Å². The Kier molecular flexibility index (Phi) is 8.09. The fourth-order valence-electron chi connectivity index (χ4n) is 3.49. The second kappa shape index (κ2) is 10.5. The normalized spacial score (nSPS) is 16.0. The number of hydrogen-bond acceptors (Lipinski definition) is 7. The topological polar surface area (TPSA) is 122 Å². The summed E-state index contributed by atoms with van der Waals surface area (Å²) in [5.74, 6) is -0.246. The first-order chi connectivity index (χ1) is 15.9. The molecule has 0 unspecified atom stereocenters. The lowest BCUT2D eigenvalue weighted by molar-refractivity contribution is -0.116. The number of methoxy groups -OCH3 is 1. The molecule has 0 aliphatic carbocycles. The van der Waals surface area contributed by atoms with Crippen LogP contribution in [0.3, 0.4) is 0 Å². The molecule has 1 fully saturated rings. The molecule has 1 heterocycles. The van der Waals surface area contributed by atoms with Crippen molar-refractivity contribution in [3.05, 3.63) is 47.5 Å². The van der Waals surface area contributed by atoms with Crippen LogP contribution in [0, 0.1) is 0 Å². The number of nitrogens with zero attached hydrogens (tertiary/aromatic N) is 2. The molecule has 1 aliphatic rings. The quantitative estimate of drug-likeness (QED) is 0.553. The maximum Gasteiger partial charge on any atom is 0.247 e. The molecule has 0 spiro atoms. The maximum absolute atomic E-state index is 12.9. The number of nitrogens with one attached hydrogen (secondary N) is 1. The number of halogens is 1. The van der Waals surface area contributed by atoms with E-state index in [4.69, 9.17) is 21.1 Å². The van der Waals surface area contributed by atoms with Gasteiger partial charge in [0.15, 0.2) is 0 Å². The molecular weight excluding hydrogens is 506 g/mol. The predicted molar refractivity (Wildman–Crippen MR) is 129 cm³/mol. The summed E-state index contributed by atoms with van der Waals surface area (Å²) in [7, 11) is -6.09. The van der Waals surface area contributed by atoms with E-state index in [1.807, 2.05) is 0 Å². The monoisotopic (exact) mass is 531 g/mol. The third-order valence-corrected chi connectivity index (χ3v) is 8.66. The summed E-state index contributed by atoms with van der Waals surface area (Å²) in [5, 5.41) is 2.82. The van der Waals surface area contributed by atoms with Gasteiger partial charge < -0.3 is 14.8 Å². The van der Waals surface area contributed by atoms with E-state index >= 15 is 0 Å². The van der Waals surface area contributed by atoms with Crippen molar-refractivity contribution >= 4 is 48.9 Å². The number of sulfonamides is 2. The minimum absolute atomic E-state index is 0.0890. The zero-order valence-electron chi connectivity index (χ0n) is 18.9. The summed E-state index contributed by atoms with van der Waals surface area (Å²) in [5.41, 5.74) is 0.516. The van der Waals surface area contributed by atoms with Crippen molar-refractivity contribution in [3.8, 4) is 5.75 Å². The number of rotatable bonds is 8. The number of ether oxygens (including phenoxy) is 2. The molecule has 1 aliphatic heterocycles. The second-order valence-corrected chi connectivity index (χ2v) is 11.8. The lowest BCUT2D eigenvalue weighted by atomic mass is 10.2. The van der Waals surface area contributed by atoms with Crippen LogP contribution < -0.4 is 14.4 Å². The highest BCUT2D eigenvalue weighted by Gasteiger charge is 2.30. The SMILES string of the molecule is COc1ccc(N([C@H](C)C(=O)Nc2ccc(S(=O)(=O)N3CCOCC3)cc2)S(C)(=O)=O)cc1Cl. The summed E-state index contributed by atoms with van der Waals surface area (Å²) < 4.78 is 63.1. The smallest absolute Gasteiger partial charge is 0.247 e. The zero-order valence-corrected chi connectivity index (χ0v) is 21.3. The Morgan fingerprint density at radius 1 is 1.12 bits per heavy atom. The van der Waals surface area contributed by atoms with Gasteiger partial charge in [0.2, 0.25) is 26.0 Å². The molecule has 1 amide bonds. The van der Waals surface area contributed by atoms with Crippen molar-refractivity contribution in [1.82, 2.24) is 4.31 Å². The van der Waals surface area contributed by atoms with E-state index < -0.39 is 32.0 Å². The number of morpholine rings is 1. The minimum Gasteiger partial charge on any atom is -0.495 e. The molecule has 3 rings (SSSR count). The Morgan fingerprint density at radius 3 is 2.26 bits per heavy atom. The van der Waals surface area contributed by atoms with Gasteiger partial charge in [-0.25, -0.2) is 16.8 Å². The van der Waals surface area contributed by atoms with Gasteiger partial charge in [-0.15, -0.1) is 0 Å². The molecule has 0 aromatic heterocycles. The van der Waals surface area contributed by atoms with E-state index in [2.05, 4.69) is 5.32 Å². The average molecular weight is 532 g/mol. The summed E-state index contributed by atoms with van der Waals surface area (Å²) in [4.78, 5) is 13.0. The van der Waals surface area contributed by atoms with Crippen LogP contribution in [-0.4, -0.2) is 72.8 Å². The first-order valence-electron chi connectivity index (χ1n) is 10.3. The number of carbonyl (C=O) groups excluding carboxylic acids is 1. The maximum atomic E-state index is 12.9. The number of hydrogen-bond donors (Lipinski definition) is 1. The lowest BCUT2D eigenvalue weighted by Gasteiger charge is -2.28. The van der Waals surface area contributed by atoms with Gasteiger partial charge in [-0.05, 0) is 49.4 Å². The molecule has 0 radical (unpaired) electrons. The highest BCUT2D eigenvalue weighted by atomic mass is 35.5. The summed E-state index contributed by atoms with van der Waals surface area (Å²) in [6.07, 6.45) is 0.986. The highest BCUT2D eigenvalue weighted by molar-refractivity contribution is 7.92. The number of amides is 1. The van der Waals surface area contributed by atoms with Crippen molar-refractivity contribution in [2.45, 2.75) is 17.9 Å². The average Bonchev–Trinajstić information content (AvgIpc) is 2.79. The van der Waals surface area contributed by atoms with Crippen LogP contribution in [0.2, 0.25) is 5.02 Å². The van der Waals surface area contributed by atoms with Crippen LogP contribution in [0.15, 0.2) is 47.4 Å². The van der Waals surface area contributed by atoms with E-state index in [0.29, 0.717) is 24.7 Å². The van der Waals surface area contributed by atoms with Crippen LogP contribution in [-0.2, 0) is 29.6 Å². The predicted octanol–water partition coefficient (Wildman–Crippen LogP) is 2.16. The molecule has 1 atom stereocenters. The van der Waals surface area contributed by atoms with Crippen LogP contribution in [0.25, 0.3) is 0 Å². The van der Waals surface area contributed by atoms with Gasteiger partial charge in [-0.1, -0.05) is 11.6 Å². The Hall–Kier alpha value is -2.38. The molecular formula is C21H26ClN3O7S2. The summed E-state index contributed by atoms with van der Waals surface area (Å²) in [6, 6.07) is 8.95. The van der Waals surface area contributed by atoms with E-state index in [1.54, 1.807) is 0 Å². The lowest BCUT2D eigenvalue weighted by Crippen LogP contribution is -2.45. The molecule has 1 saturated heterocycles. The van der Waals surface area contributed by atoms with Crippen LogP contribution in [0.4, 0.5) is 11.4 Å². The van der Waals surface area contributed by atoms with Crippen LogP contribution in [0.5, 0.6) is 5.75 Å². The van der Waals surface area contributed by atoms with Crippen molar-refractivity contribution < 1.29 is 31.1 Å². The first kappa shape index (κ1) is 26.2. The number of anilines is 2. The molecule has 1 N–H and O–H groups in total. The molecule has 2 aromatic carbocycles. The third kappa shape index (κ3) is 5.81. The first-order valence-corrected chi connectivity index (χ1v) is 13.9. The van der Waals surface area contributed by atoms with Gasteiger partial charge in [0.25, 0.3) is 0 Å². The van der Waals surface area contributed by atoms with Gasteiger partial charge in [-0.2, -0.15) is 4.31 Å². The van der Waals surface area contributed by atoms with Crippen molar-refractivity contribution in [1.29, 1.82) is 0 Å². The Labute approximate surface area is 204 Å². The van der Waals surface area contributed by atoms with Crippen molar-refractivity contribution in [2.75, 3.05) is 49.3 Å². The Bertz CT molecular complexity index is 1250. The summed E-state index contributed by atoms with van der Waals surface area (Å²) in [6.45, 7) is 2.65. The largest absolute Gasteiger partial charge is 0.495 e. The molecule has 186 valence electrons. The molecule has 34 heavy (non-hydrogen) atoms. The summed E-state index contributed by atoms with van der Waals surface area (Å²) >= 11 is 6.14. The van der Waals surface area contributed by atoms with Gasteiger partial charge >= 0.3 is 0 Å². The van der Waals surface area contributed by atoms with Crippen LogP contribution >= 0.6 is 11.6 Å². The van der Waals surface area contributed by atoms with Crippen molar-refractivity contribution in [3.63, 3.8) is 0 Å². The fraction of sp³-hybridized carbons (Fsp3) is 0.381. The molecule has 2 aromatic rings. The van der Waals surface area contributed by atoms with E-state index in [1.165, 1.54) is 60.8 Å². The number of carbonyl (C=O) groups is 1. The van der Waals surface area contributed by atoms with Gasteiger partial charge in [0.1, 0.15) is 11.8 Å². The Balaban J connectivity index is 1.78. The number of benzene rings is 2. The third-order valence-electron chi connectivity index (χ3n) is 5.21. The minimum atomic E-state index is -3.85. The van der Waals surface area contributed by atoms with E-state index in [0.717, 1.165) is 10.6 Å². The highest BCUT2D eigenvalue weighted by Crippen LogP contribution is 2.31.